The molecule has 4 aromatic rings. The number of halogens is 1. The van der Waals surface area contributed by atoms with Crippen LogP contribution in [-0.4, -0.2) is 10.1 Å². The predicted molar refractivity (Wildman–Crippen MR) is 106 cm³/mol. The summed E-state index contributed by atoms with van der Waals surface area (Å²) in [5.41, 5.74) is 12.4. The second kappa shape index (κ2) is 7.68. The molecule has 0 fully saturated rings. The van der Waals surface area contributed by atoms with E-state index >= 15 is 0 Å². The Kier molecular flexibility index (Phi) is 5.35. The van der Waals surface area contributed by atoms with Gasteiger partial charge in [-0.25, -0.2) is 0 Å². The summed E-state index contributed by atoms with van der Waals surface area (Å²) in [5, 5.41) is 5.28. The van der Waals surface area contributed by atoms with E-state index in [0.717, 1.165) is 39.0 Å². The number of aryl methyl sites for hydroxylation is 1. The lowest BCUT2D eigenvalue weighted by Gasteiger charge is -2.16. The largest absolute Gasteiger partial charge is 0.356 e. The van der Waals surface area contributed by atoms with Crippen LogP contribution in [0.3, 0.4) is 0 Å². The highest BCUT2D eigenvalue weighted by molar-refractivity contribution is 5.92. The van der Waals surface area contributed by atoms with Crippen LogP contribution in [0.5, 0.6) is 0 Å². The average molecular weight is 366 g/mol. The first-order valence-electron chi connectivity index (χ1n) is 8.34. The Hall–Kier alpha value is -2.69. The lowest BCUT2D eigenvalue weighted by Crippen LogP contribution is -2.16. The van der Waals surface area contributed by atoms with Crippen molar-refractivity contribution in [1.29, 1.82) is 0 Å². The molecule has 2 heterocycles. The number of rotatable bonds is 4. The van der Waals surface area contributed by atoms with Crippen LogP contribution in [0.25, 0.3) is 22.2 Å². The number of nitrogens with zero attached hydrogens (tertiary/aromatic N) is 2. The number of hydrogen-bond donors (Lipinski definition) is 1. The Bertz CT molecular complexity index is 1030. The van der Waals surface area contributed by atoms with Gasteiger partial charge < -0.3 is 10.3 Å². The monoisotopic (exact) mass is 365 g/mol. The Morgan fingerprint density at radius 3 is 2.62 bits per heavy atom. The standard InChI is InChI=1S/C21H19N3O.ClH/c1-14-7-6-12-23-19(14)13-18(22)15-8-2-3-9-16(15)21-17-10-4-5-11-20(17)25-24-21;/h2-12,18H,13,22H2,1H3;1H. The molecule has 4 nitrogen and oxygen atoms in total. The fourth-order valence-electron chi connectivity index (χ4n) is 3.17. The highest BCUT2D eigenvalue weighted by Gasteiger charge is 2.18. The summed E-state index contributed by atoms with van der Waals surface area (Å²) in [6, 6.07) is 19.8. The van der Waals surface area contributed by atoms with Crippen LogP contribution in [0.15, 0.2) is 71.4 Å². The molecule has 0 aliphatic rings. The minimum Gasteiger partial charge on any atom is -0.356 e. The minimum absolute atomic E-state index is 0. The molecule has 0 aliphatic heterocycles. The fraction of sp³-hybridized carbons (Fsp3) is 0.143. The van der Waals surface area contributed by atoms with Gasteiger partial charge in [0.15, 0.2) is 5.58 Å². The van der Waals surface area contributed by atoms with Crippen molar-refractivity contribution in [3.63, 3.8) is 0 Å². The quantitative estimate of drug-likeness (QED) is 0.560. The number of fused-ring (bicyclic) bond motifs is 1. The van der Waals surface area contributed by atoms with Gasteiger partial charge in [0.25, 0.3) is 0 Å². The van der Waals surface area contributed by atoms with Gasteiger partial charge in [0.05, 0.1) is 0 Å². The average Bonchev–Trinajstić information content (AvgIpc) is 3.07. The Balaban J connectivity index is 0.00000196. The third kappa shape index (κ3) is 3.34. The maximum absolute atomic E-state index is 6.55. The van der Waals surface area contributed by atoms with Crippen molar-refractivity contribution in [2.24, 2.45) is 5.73 Å². The molecule has 0 radical (unpaired) electrons. The topological polar surface area (TPSA) is 64.9 Å². The summed E-state index contributed by atoms with van der Waals surface area (Å²) in [7, 11) is 0. The molecule has 0 spiro atoms. The molecule has 1 unspecified atom stereocenters. The van der Waals surface area contributed by atoms with Gasteiger partial charge in [-0.1, -0.05) is 47.6 Å². The first-order chi connectivity index (χ1) is 12.2. The van der Waals surface area contributed by atoms with Gasteiger partial charge in [0.2, 0.25) is 0 Å². The molecule has 0 aliphatic carbocycles. The Labute approximate surface area is 158 Å². The van der Waals surface area contributed by atoms with Crippen LogP contribution in [0.1, 0.15) is 22.9 Å². The molecule has 4 rings (SSSR count). The van der Waals surface area contributed by atoms with E-state index in [1.54, 1.807) is 0 Å². The molecule has 0 bridgehead atoms. The van der Waals surface area contributed by atoms with Crippen molar-refractivity contribution in [1.82, 2.24) is 10.1 Å². The zero-order valence-electron chi connectivity index (χ0n) is 14.4. The molecule has 2 N–H and O–H groups in total. The van der Waals surface area contributed by atoms with Gasteiger partial charge in [0.1, 0.15) is 5.69 Å². The molecule has 1 atom stereocenters. The van der Waals surface area contributed by atoms with E-state index in [1.807, 2.05) is 54.7 Å². The summed E-state index contributed by atoms with van der Waals surface area (Å²) in [4.78, 5) is 4.47. The van der Waals surface area contributed by atoms with Crippen molar-refractivity contribution in [3.05, 3.63) is 83.7 Å². The molecule has 0 amide bonds. The maximum Gasteiger partial charge on any atom is 0.167 e. The molecule has 5 heteroatoms. The maximum atomic E-state index is 6.55. The van der Waals surface area contributed by atoms with Gasteiger partial charge in [-0.3, -0.25) is 4.98 Å². The summed E-state index contributed by atoms with van der Waals surface area (Å²) in [5.74, 6) is 0. The summed E-state index contributed by atoms with van der Waals surface area (Å²) < 4.78 is 5.47. The second-order valence-electron chi connectivity index (χ2n) is 6.19. The number of nitrogens with two attached hydrogens (primary N) is 1. The Morgan fingerprint density at radius 2 is 1.77 bits per heavy atom. The number of benzene rings is 2. The lowest BCUT2D eigenvalue weighted by molar-refractivity contribution is 0.459. The molecule has 132 valence electrons. The van der Waals surface area contributed by atoms with E-state index in [4.69, 9.17) is 10.3 Å². The number of aromatic nitrogens is 2. The summed E-state index contributed by atoms with van der Waals surface area (Å²) >= 11 is 0. The summed E-state index contributed by atoms with van der Waals surface area (Å²) in [6.07, 6.45) is 2.49. The van der Waals surface area contributed by atoms with Crippen LogP contribution in [-0.2, 0) is 6.42 Å². The van der Waals surface area contributed by atoms with Crippen LogP contribution in [0.4, 0.5) is 0 Å². The van der Waals surface area contributed by atoms with E-state index in [2.05, 4.69) is 29.2 Å². The van der Waals surface area contributed by atoms with Gasteiger partial charge >= 0.3 is 0 Å². The van der Waals surface area contributed by atoms with E-state index < -0.39 is 0 Å². The highest BCUT2D eigenvalue weighted by Crippen LogP contribution is 2.33. The smallest absolute Gasteiger partial charge is 0.167 e. The third-order valence-corrected chi connectivity index (χ3v) is 4.52. The highest BCUT2D eigenvalue weighted by atomic mass is 35.5. The normalized spacial score (nSPS) is 11.9. The van der Waals surface area contributed by atoms with Crippen molar-refractivity contribution in [3.8, 4) is 11.3 Å². The first-order valence-corrected chi connectivity index (χ1v) is 8.34. The fourth-order valence-corrected chi connectivity index (χ4v) is 3.17. The van der Waals surface area contributed by atoms with E-state index in [-0.39, 0.29) is 18.4 Å². The van der Waals surface area contributed by atoms with E-state index in [0.29, 0.717) is 6.42 Å². The second-order valence-corrected chi connectivity index (χ2v) is 6.19. The SMILES string of the molecule is Cc1cccnc1CC(N)c1ccccc1-c1noc2ccccc12.Cl. The van der Waals surface area contributed by atoms with E-state index in [1.165, 1.54) is 0 Å². The van der Waals surface area contributed by atoms with Gasteiger partial charge in [-0.15, -0.1) is 12.4 Å². The molecule has 26 heavy (non-hydrogen) atoms. The first kappa shape index (κ1) is 18.1. The van der Waals surface area contributed by atoms with E-state index in [9.17, 15) is 0 Å². The number of para-hydroxylation sites is 1. The van der Waals surface area contributed by atoms with Crippen LogP contribution in [0.2, 0.25) is 0 Å². The number of pyridine rings is 1. The number of hydrogen-bond acceptors (Lipinski definition) is 4. The molecule has 2 aromatic carbocycles. The van der Waals surface area contributed by atoms with Crippen LogP contribution in [0, 0.1) is 6.92 Å². The molecular formula is C21H20ClN3O. The third-order valence-electron chi connectivity index (χ3n) is 4.52. The van der Waals surface area contributed by atoms with Gasteiger partial charge in [-0.2, -0.15) is 0 Å². The Morgan fingerprint density at radius 1 is 1.00 bits per heavy atom. The minimum atomic E-state index is -0.166. The zero-order chi connectivity index (χ0) is 17.2. The zero-order valence-corrected chi connectivity index (χ0v) is 15.2. The van der Waals surface area contributed by atoms with Crippen molar-refractivity contribution in [2.75, 3.05) is 0 Å². The van der Waals surface area contributed by atoms with Crippen molar-refractivity contribution < 1.29 is 4.52 Å². The van der Waals surface area contributed by atoms with Crippen LogP contribution < -0.4 is 5.73 Å². The van der Waals surface area contributed by atoms with Crippen molar-refractivity contribution >= 4 is 23.4 Å². The molecule has 0 saturated heterocycles. The molecule has 2 aromatic heterocycles. The summed E-state index contributed by atoms with van der Waals surface area (Å²) in [6.45, 7) is 2.06. The predicted octanol–water partition coefficient (Wildman–Crippen LogP) is 4.86. The van der Waals surface area contributed by atoms with Crippen LogP contribution >= 0.6 is 12.4 Å². The lowest BCUT2D eigenvalue weighted by atomic mass is 9.93. The molecular weight excluding hydrogens is 346 g/mol. The van der Waals surface area contributed by atoms with Crippen molar-refractivity contribution in [2.45, 2.75) is 19.4 Å². The van der Waals surface area contributed by atoms with Gasteiger partial charge in [0, 0.05) is 35.3 Å². The molecule has 0 saturated carbocycles. The van der Waals surface area contributed by atoms with Gasteiger partial charge in [-0.05, 0) is 36.2 Å².